The summed E-state index contributed by atoms with van der Waals surface area (Å²) in [6, 6.07) is 2.56. The fourth-order valence-corrected chi connectivity index (χ4v) is 7.20. The molecule has 2 N–H and O–H groups in total. The Morgan fingerprint density at radius 2 is 1.52 bits per heavy atom. The van der Waals surface area contributed by atoms with E-state index in [1.807, 2.05) is 0 Å². The van der Waals surface area contributed by atoms with Gasteiger partial charge in [-0.25, -0.2) is 0 Å². The van der Waals surface area contributed by atoms with Crippen molar-refractivity contribution >= 4 is 0 Å². The van der Waals surface area contributed by atoms with Crippen LogP contribution in [0.2, 0.25) is 0 Å². The lowest BCUT2D eigenvalue weighted by Gasteiger charge is -2.55. The summed E-state index contributed by atoms with van der Waals surface area (Å²) in [6.07, 6.45) is 15.1. The van der Waals surface area contributed by atoms with Crippen molar-refractivity contribution in [2.24, 2.45) is 29.6 Å². The molecule has 6 rings (SSSR count). The highest BCUT2D eigenvalue weighted by Crippen LogP contribution is 2.54. The van der Waals surface area contributed by atoms with E-state index < -0.39 is 0 Å². The second-order valence-corrected chi connectivity index (χ2v) is 9.03. The first-order valence-electron chi connectivity index (χ1n) is 9.86. The number of hydrogen-bond acceptors (Lipinski definition) is 2. The smallest absolute Gasteiger partial charge is 0.0127 e. The maximum Gasteiger partial charge on any atom is 0.0127 e. The fourth-order valence-electron chi connectivity index (χ4n) is 7.20. The van der Waals surface area contributed by atoms with E-state index in [9.17, 15) is 0 Å². The second kappa shape index (κ2) is 5.23. The molecule has 1 saturated heterocycles. The third-order valence-electron chi connectivity index (χ3n) is 7.82. The van der Waals surface area contributed by atoms with Gasteiger partial charge in [-0.05, 0) is 93.9 Å². The van der Waals surface area contributed by atoms with Gasteiger partial charge in [-0.3, -0.25) is 0 Å². The zero-order valence-electron chi connectivity index (χ0n) is 13.4. The van der Waals surface area contributed by atoms with Crippen LogP contribution in [-0.2, 0) is 0 Å². The normalized spacial score (nSPS) is 55.4. The maximum absolute atomic E-state index is 4.25. The molecule has 5 saturated carbocycles. The molecule has 2 heteroatoms. The summed E-state index contributed by atoms with van der Waals surface area (Å²) in [4.78, 5) is 0. The molecular formula is C19H32N2. The van der Waals surface area contributed by atoms with Gasteiger partial charge in [0, 0.05) is 18.1 Å². The minimum atomic E-state index is 0.835. The standard InChI is InChI=1S/C19H32N2/c1-3-16(17-5-2-6-20-17)18(4-1)21-19-14-8-12-7-13(10-14)11-15(19)9-12/h12-21H,1-11H2. The van der Waals surface area contributed by atoms with E-state index >= 15 is 0 Å². The summed E-state index contributed by atoms with van der Waals surface area (Å²) in [6.45, 7) is 1.27. The average molecular weight is 288 g/mol. The summed E-state index contributed by atoms with van der Waals surface area (Å²) < 4.78 is 0. The molecule has 3 unspecified atom stereocenters. The molecule has 118 valence electrons. The molecule has 6 fully saturated rings. The van der Waals surface area contributed by atoms with Crippen LogP contribution in [0.3, 0.4) is 0 Å². The number of nitrogens with one attached hydrogen (secondary N) is 2. The van der Waals surface area contributed by atoms with Crippen LogP contribution in [0.5, 0.6) is 0 Å². The topological polar surface area (TPSA) is 24.1 Å². The highest BCUT2D eigenvalue weighted by molar-refractivity contribution is 5.04. The Bertz CT molecular complexity index is 359. The van der Waals surface area contributed by atoms with Gasteiger partial charge >= 0.3 is 0 Å². The van der Waals surface area contributed by atoms with E-state index in [4.69, 9.17) is 0 Å². The predicted octanol–water partition coefficient (Wildman–Crippen LogP) is 3.32. The molecule has 1 aliphatic heterocycles. The lowest BCUT2D eigenvalue weighted by Crippen LogP contribution is -2.58. The van der Waals surface area contributed by atoms with Gasteiger partial charge in [0.05, 0.1) is 0 Å². The number of hydrogen-bond donors (Lipinski definition) is 2. The van der Waals surface area contributed by atoms with Crippen molar-refractivity contribution in [2.45, 2.75) is 82.3 Å². The Labute approximate surface area is 129 Å². The van der Waals surface area contributed by atoms with Gasteiger partial charge in [0.25, 0.3) is 0 Å². The average Bonchev–Trinajstić information content (AvgIpc) is 3.13. The monoisotopic (exact) mass is 288 g/mol. The van der Waals surface area contributed by atoms with Gasteiger partial charge in [0.1, 0.15) is 0 Å². The van der Waals surface area contributed by atoms with Crippen molar-refractivity contribution in [1.29, 1.82) is 0 Å². The molecule has 6 aliphatic rings. The summed E-state index contributed by atoms with van der Waals surface area (Å²) >= 11 is 0. The van der Waals surface area contributed by atoms with Crippen molar-refractivity contribution < 1.29 is 0 Å². The largest absolute Gasteiger partial charge is 0.314 e. The van der Waals surface area contributed by atoms with Gasteiger partial charge in [0.15, 0.2) is 0 Å². The van der Waals surface area contributed by atoms with Crippen molar-refractivity contribution in [3.8, 4) is 0 Å². The van der Waals surface area contributed by atoms with E-state index in [0.717, 1.165) is 47.7 Å². The van der Waals surface area contributed by atoms with Crippen LogP contribution in [0.15, 0.2) is 0 Å². The first-order chi connectivity index (χ1) is 10.4. The van der Waals surface area contributed by atoms with E-state index in [1.165, 1.54) is 38.6 Å². The highest BCUT2D eigenvalue weighted by Gasteiger charge is 2.49. The SMILES string of the molecule is C1CNC(C2CCCC2NC2C3CC4CC(C3)CC2C4)C1. The molecule has 0 radical (unpaired) electrons. The predicted molar refractivity (Wildman–Crippen MR) is 86.1 cm³/mol. The van der Waals surface area contributed by atoms with Crippen LogP contribution in [0.1, 0.15) is 64.2 Å². The number of rotatable bonds is 3. The van der Waals surface area contributed by atoms with Crippen LogP contribution in [0.4, 0.5) is 0 Å². The lowest BCUT2D eigenvalue weighted by atomic mass is 9.54. The van der Waals surface area contributed by atoms with Gasteiger partial charge in [0.2, 0.25) is 0 Å². The third-order valence-corrected chi connectivity index (χ3v) is 7.82. The van der Waals surface area contributed by atoms with E-state index in [0.29, 0.717) is 0 Å². The molecule has 1 heterocycles. The van der Waals surface area contributed by atoms with Crippen molar-refractivity contribution in [3.63, 3.8) is 0 Å². The lowest BCUT2D eigenvalue weighted by molar-refractivity contribution is -0.0198. The molecule has 0 spiro atoms. The maximum atomic E-state index is 4.25. The first-order valence-corrected chi connectivity index (χ1v) is 9.86. The van der Waals surface area contributed by atoms with Crippen LogP contribution in [-0.4, -0.2) is 24.7 Å². The summed E-state index contributed by atoms with van der Waals surface area (Å²) in [5.74, 6) is 5.24. The molecular weight excluding hydrogens is 256 g/mol. The minimum absolute atomic E-state index is 0.835. The third kappa shape index (κ3) is 2.28. The van der Waals surface area contributed by atoms with Crippen LogP contribution in [0.25, 0.3) is 0 Å². The second-order valence-electron chi connectivity index (χ2n) is 9.03. The van der Waals surface area contributed by atoms with E-state index in [-0.39, 0.29) is 0 Å². The molecule has 0 aromatic carbocycles. The molecule has 5 aliphatic carbocycles. The van der Waals surface area contributed by atoms with Crippen molar-refractivity contribution in [2.75, 3.05) is 6.54 Å². The van der Waals surface area contributed by atoms with Crippen molar-refractivity contribution in [1.82, 2.24) is 10.6 Å². The Hall–Kier alpha value is -0.0800. The van der Waals surface area contributed by atoms with Crippen LogP contribution in [0, 0.1) is 29.6 Å². The molecule has 0 aromatic rings. The molecule has 0 aromatic heterocycles. The highest BCUT2D eigenvalue weighted by atomic mass is 15.0. The van der Waals surface area contributed by atoms with Gasteiger partial charge < -0.3 is 10.6 Å². The van der Waals surface area contributed by atoms with Crippen molar-refractivity contribution in [3.05, 3.63) is 0 Å². The van der Waals surface area contributed by atoms with Gasteiger partial charge in [-0.15, -0.1) is 0 Å². The van der Waals surface area contributed by atoms with Gasteiger partial charge in [-0.1, -0.05) is 6.42 Å². The fraction of sp³-hybridized carbons (Fsp3) is 1.00. The Kier molecular flexibility index (Phi) is 3.33. The zero-order valence-corrected chi connectivity index (χ0v) is 13.4. The van der Waals surface area contributed by atoms with Crippen LogP contribution < -0.4 is 10.6 Å². The minimum Gasteiger partial charge on any atom is -0.314 e. The summed E-state index contributed by atoms with van der Waals surface area (Å²) in [7, 11) is 0. The van der Waals surface area contributed by atoms with E-state index in [1.54, 1.807) is 32.1 Å². The first kappa shape index (κ1) is 13.4. The Morgan fingerprint density at radius 3 is 2.19 bits per heavy atom. The molecule has 4 bridgehead atoms. The quantitative estimate of drug-likeness (QED) is 0.832. The molecule has 2 nitrogen and oxygen atoms in total. The summed E-state index contributed by atoms with van der Waals surface area (Å²) in [5, 5.41) is 8.04. The zero-order chi connectivity index (χ0) is 13.8. The molecule has 21 heavy (non-hydrogen) atoms. The van der Waals surface area contributed by atoms with Crippen LogP contribution >= 0.6 is 0 Å². The Morgan fingerprint density at radius 1 is 0.762 bits per heavy atom. The Balaban J connectivity index is 1.28. The summed E-state index contributed by atoms with van der Waals surface area (Å²) in [5.41, 5.74) is 0. The molecule has 0 amide bonds. The van der Waals surface area contributed by atoms with E-state index in [2.05, 4.69) is 10.6 Å². The van der Waals surface area contributed by atoms with Gasteiger partial charge in [-0.2, -0.15) is 0 Å². The molecule has 3 atom stereocenters.